The number of nitriles is 1. The topological polar surface area (TPSA) is 36.7 Å². The highest BCUT2D eigenvalue weighted by molar-refractivity contribution is 6.08. The second-order valence-corrected chi connectivity index (χ2v) is 8.37. The van der Waals surface area contributed by atoms with Gasteiger partial charge in [-0.25, -0.2) is 0 Å². The molecule has 1 aliphatic carbocycles. The minimum Gasteiger partial charge on any atom is -0.255 e. The van der Waals surface area contributed by atoms with Crippen LogP contribution in [0.25, 0.3) is 21.7 Å². The minimum absolute atomic E-state index is 0.0741. The fourth-order valence-corrected chi connectivity index (χ4v) is 4.97. The average Bonchev–Trinajstić information content (AvgIpc) is 2.75. The van der Waals surface area contributed by atoms with E-state index >= 15 is 0 Å². The fraction of sp³-hybridized carbons (Fsp3) is 0.391. The molecule has 1 aliphatic rings. The molecule has 1 atom stereocenters. The molecule has 0 amide bonds. The molecule has 2 heteroatoms. The number of nitrogens with zero attached hydrogens (tertiary/aromatic N) is 2. The van der Waals surface area contributed by atoms with Gasteiger partial charge in [0, 0.05) is 22.4 Å². The zero-order valence-electron chi connectivity index (χ0n) is 15.6. The lowest BCUT2D eigenvalue weighted by atomic mass is 9.64. The van der Waals surface area contributed by atoms with Gasteiger partial charge in [-0.3, -0.25) is 4.98 Å². The lowest BCUT2D eigenvalue weighted by molar-refractivity contribution is 0.179. The minimum atomic E-state index is 0.0741. The van der Waals surface area contributed by atoms with Gasteiger partial charge in [0.2, 0.25) is 0 Å². The van der Waals surface area contributed by atoms with E-state index in [1.54, 1.807) is 0 Å². The van der Waals surface area contributed by atoms with Crippen LogP contribution in [0.15, 0.2) is 36.5 Å². The predicted octanol–water partition coefficient (Wildman–Crippen LogP) is 6.07. The highest BCUT2D eigenvalue weighted by Gasteiger charge is 2.52. The van der Waals surface area contributed by atoms with Crippen molar-refractivity contribution >= 4 is 21.7 Å². The number of fused-ring (bicyclic) bond motifs is 5. The van der Waals surface area contributed by atoms with Crippen molar-refractivity contribution in [2.75, 3.05) is 0 Å². The Kier molecular flexibility index (Phi) is 3.25. The first-order chi connectivity index (χ1) is 11.8. The van der Waals surface area contributed by atoms with Crippen LogP contribution in [0.2, 0.25) is 0 Å². The van der Waals surface area contributed by atoms with E-state index in [4.69, 9.17) is 4.98 Å². The lowest BCUT2D eigenvalue weighted by Crippen LogP contribution is -2.34. The van der Waals surface area contributed by atoms with Crippen LogP contribution in [0.4, 0.5) is 0 Å². The zero-order valence-corrected chi connectivity index (χ0v) is 15.6. The first-order valence-corrected chi connectivity index (χ1v) is 9.09. The van der Waals surface area contributed by atoms with Gasteiger partial charge in [0.05, 0.1) is 17.1 Å². The molecule has 0 saturated heterocycles. The van der Waals surface area contributed by atoms with Crippen LogP contribution in [-0.2, 0) is 5.41 Å². The summed E-state index contributed by atoms with van der Waals surface area (Å²) in [6, 6.07) is 12.5. The van der Waals surface area contributed by atoms with Gasteiger partial charge >= 0.3 is 0 Å². The molecule has 0 spiro atoms. The summed E-state index contributed by atoms with van der Waals surface area (Å²) in [6.45, 7) is 11.8. The van der Waals surface area contributed by atoms with Crippen molar-refractivity contribution < 1.29 is 0 Å². The molecule has 1 aromatic heterocycles. The van der Waals surface area contributed by atoms with Gasteiger partial charge in [0.25, 0.3) is 0 Å². The summed E-state index contributed by atoms with van der Waals surface area (Å²) < 4.78 is 0. The third-order valence-electron chi connectivity index (χ3n) is 6.93. The Morgan fingerprint density at radius 3 is 2.44 bits per heavy atom. The van der Waals surface area contributed by atoms with E-state index < -0.39 is 0 Å². The van der Waals surface area contributed by atoms with Gasteiger partial charge in [-0.2, -0.15) is 5.26 Å². The molecule has 0 N–H and O–H groups in total. The molecule has 3 aromatic rings. The van der Waals surface area contributed by atoms with E-state index in [-0.39, 0.29) is 10.8 Å². The highest BCUT2D eigenvalue weighted by atomic mass is 14.7. The summed E-state index contributed by atoms with van der Waals surface area (Å²) in [7, 11) is 0. The van der Waals surface area contributed by atoms with Gasteiger partial charge in [-0.15, -0.1) is 0 Å². The molecule has 4 rings (SSSR count). The maximum absolute atomic E-state index is 9.41. The predicted molar refractivity (Wildman–Crippen MR) is 104 cm³/mol. The smallest absolute Gasteiger partial charge is 0.0998 e. The molecule has 0 radical (unpaired) electrons. The second-order valence-electron chi connectivity index (χ2n) is 8.37. The first kappa shape index (κ1) is 16.1. The molecule has 0 bridgehead atoms. The van der Waals surface area contributed by atoms with Gasteiger partial charge in [0.15, 0.2) is 0 Å². The Morgan fingerprint density at radius 1 is 1.04 bits per heavy atom. The van der Waals surface area contributed by atoms with Crippen molar-refractivity contribution in [3.63, 3.8) is 0 Å². The SMILES string of the molecule is CCC1c2cnc3c(ccc4c(C#N)cccc43)c2C(C)(C)C1(C)C. The van der Waals surface area contributed by atoms with Gasteiger partial charge < -0.3 is 0 Å². The Bertz CT molecular complexity index is 1050. The van der Waals surface area contributed by atoms with Gasteiger partial charge in [0.1, 0.15) is 0 Å². The molecular formula is C23H24N2. The molecular weight excluding hydrogens is 304 g/mol. The van der Waals surface area contributed by atoms with Crippen molar-refractivity contribution in [1.29, 1.82) is 5.26 Å². The number of rotatable bonds is 1. The quantitative estimate of drug-likeness (QED) is 0.508. The van der Waals surface area contributed by atoms with Crippen LogP contribution < -0.4 is 0 Å². The Hall–Kier alpha value is -2.40. The zero-order chi connectivity index (χ0) is 18.0. The fourth-order valence-electron chi connectivity index (χ4n) is 4.97. The number of pyridine rings is 1. The van der Waals surface area contributed by atoms with Crippen molar-refractivity contribution in [2.24, 2.45) is 5.41 Å². The maximum atomic E-state index is 9.41. The molecule has 1 unspecified atom stereocenters. The largest absolute Gasteiger partial charge is 0.255 e. The Labute approximate surface area is 149 Å². The van der Waals surface area contributed by atoms with Crippen molar-refractivity contribution in [1.82, 2.24) is 4.98 Å². The molecule has 1 heterocycles. The summed E-state index contributed by atoms with van der Waals surface area (Å²) in [4.78, 5) is 4.88. The van der Waals surface area contributed by atoms with E-state index in [1.165, 1.54) is 16.5 Å². The Balaban J connectivity index is 2.15. The maximum Gasteiger partial charge on any atom is 0.0998 e. The normalized spacial score (nSPS) is 20.6. The van der Waals surface area contributed by atoms with Crippen LogP contribution in [-0.4, -0.2) is 4.98 Å². The van der Waals surface area contributed by atoms with Crippen molar-refractivity contribution in [2.45, 2.75) is 52.4 Å². The van der Waals surface area contributed by atoms with Crippen molar-refractivity contribution in [3.05, 3.63) is 53.2 Å². The highest BCUT2D eigenvalue weighted by Crippen LogP contribution is 2.60. The third-order valence-corrected chi connectivity index (χ3v) is 6.93. The van der Waals surface area contributed by atoms with E-state index in [9.17, 15) is 5.26 Å². The van der Waals surface area contributed by atoms with E-state index in [0.717, 1.165) is 22.7 Å². The van der Waals surface area contributed by atoms with E-state index in [0.29, 0.717) is 11.5 Å². The summed E-state index contributed by atoms with van der Waals surface area (Å²) in [6.07, 6.45) is 3.23. The van der Waals surface area contributed by atoms with Crippen LogP contribution >= 0.6 is 0 Å². The van der Waals surface area contributed by atoms with Gasteiger partial charge in [-0.05, 0) is 40.4 Å². The molecule has 2 aromatic carbocycles. The van der Waals surface area contributed by atoms with Crippen LogP contribution in [0.1, 0.15) is 63.6 Å². The summed E-state index contributed by atoms with van der Waals surface area (Å²) in [5.74, 6) is 0.524. The van der Waals surface area contributed by atoms with Crippen LogP contribution in [0.5, 0.6) is 0 Å². The number of hydrogen-bond donors (Lipinski definition) is 0. The van der Waals surface area contributed by atoms with Crippen LogP contribution in [0.3, 0.4) is 0 Å². The third kappa shape index (κ3) is 1.87. The van der Waals surface area contributed by atoms with Gasteiger partial charge in [-0.1, -0.05) is 58.9 Å². The Morgan fingerprint density at radius 2 is 1.76 bits per heavy atom. The first-order valence-electron chi connectivity index (χ1n) is 9.09. The summed E-state index contributed by atoms with van der Waals surface area (Å²) in [5, 5.41) is 12.7. The summed E-state index contributed by atoms with van der Waals surface area (Å²) in [5.41, 5.74) is 4.84. The number of hydrogen-bond acceptors (Lipinski definition) is 2. The van der Waals surface area contributed by atoms with Crippen LogP contribution in [0, 0.1) is 16.7 Å². The standard InChI is InChI=1S/C23H24N2/c1-6-19-18-13-25-21-16-9-7-8-14(12-24)15(16)10-11-17(21)20(18)23(4,5)22(19,2)3/h7-11,13,19H,6H2,1-5H3. The van der Waals surface area contributed by atoms with E-state index in [2.05, 4.69) is 65.1 Å². The molecule has 0 saturated carbocycles. The lowest BCUT2D eigenvalue weighted by Gasteiger charge is -2.39. The molecule has 0 fully saturated rings. The van der Waals surface area contributed by atoms with E-state index in [1.807, 2.05) is 12.1 Å². The summed E-state index contributed by atoms with van der Waals surface area (Å²) >= 11 is 0. The van der Waals surface area contributed by atoms with Crippen molar-refractivity contribution in [3.8, 4) is 6.07 Å². The second kappa shape index (κ2) is 5.05. The monoisotopic (exact) mass is 328 g/mol. The molecule has 0 aliphatic heterocycles. The number of aromatic nitrogens is 1. The molecule has 2 nitrogen and oxygen atoms in total. The molecule has 25 heavy (non-hydrogen) atoms. The average molecular weight is 328 g/mol. The number of benzene rings is 2. The molecule has 126 valence electrons.